The van der Waals surface area contributed by atoms with Crippen molar-refractivity contribution in [1.29, 1.82) is 0 Å². The lowest BCUT2D eigenvalue weighted by atomic mass is 9.99. The molecule has 14 heteroatoms. The first-order chi connectivity index (χ1) is 23.8. The van der Waals surface area contributed by atoms with Gasteiger partial charge in [-0.3, -0.25) is 24.0 Å². The molecule has 50 heavy (non-hydrogen) atoms. The van der Waals surface area contributed by atoms with E-state index < -0.39 is 65.2 Å². The van der Waals surface area contributed by atoms with E-state index in [4.69, 9.17) is 4.74 Å². The van der Waals surface area contributed by atoms with Crippen LogP contribution in [-0.2, 0) is 53.4 Å². The Bertz CT molecular complexity index is 1680. The lowest BCUT2D eigenvalue weighted by molar-refractivity contribution is -0.145. The summed E-state index contributed by atoms with van der Waals surface area (Å²) in [4.78, 5) is 85.2. The van der Waals surface area contributed by atoms with Gasteiger partial charge in [0.2, 0.25) is 29.5 Å². The molecule has 1 aromatic heterocycles. The number of carbonyl (C=O) groups is 6. The molecular weight excluding hydrogens is 642 g/mol. The number of benzene rings is 2. The van der Waals surface area contributed by atoms with E-state index in [9.17, 15) is 28.8 Å². The van der Waals surface area contributed by atoms with Gasteiger partial charge in [-0.1, -0.05) is 60.7 Å². The monoisotopic (exact) mass is 687 g/mol. The van der Waals surface area contributed by atoms with Crippen molar-refractivity contribution in [2.24, 2.45) is 7.05 Å². The SMILES string of the molecule is COC(=O)[C@@H](Cc1ccccc1)NC(=O)[C@@H](NC(=O)C(C)(C)NC(=O)[C@H]1CCCN1C(=O)[C@H](Cc1cncn1C)NC(C)=O)c1ccccc1. The van der Waals surface area contributed by atoms with Crippen molar-refractivity contribution in [3.05, 3.63) is 90.0 Å². The molecule has 2 aromatic carbocycles. The standard InChI is InChI=1S/C36H45N7O7/c1-23(44)38-27(20-26-21-37-22-42(26)4)33(47)43-18-12-17-29(43)31(45)41-36(2,3)35(49)40-30(25-15-10-7-11-16-25)32(46)39-28(34(48)50-5)19-24-13-8-6-9-14-24/h6-11,13-16,21-22,27-30H,12,17-20H2,1-5H3,(H,38,44)(H,39,46)(H,40,49)(H,41,45)/t27-,28+,29+,30-/m0/s1. The van der Waals surface area contributed by atoms with Crippen molar-refractivity contribution in [2.45, 2.75) is 76.2 Å². The van der Waals surface area contributed by atoms with Crippen LogP contribution in [0.4, 0.5) is 0 Å². The Hall–Kier alpha value is -5.53. The molecule has 14 nitrogen and oxygen atoms in total. The van der Waals surface area contributed by atoms with Crippen LogP contribution in [0.25, 0.3) is 0 Å². The average molecular weight is 688 g/mol. The number of carbonyl (C=O) groups excluding carboxylic acids is 6. The second-order valence-electron chi connectivity index (χ2n) is 12.8. The van der Waals surface area contributed by atoms with Gasteiger partial charge in [0.05, 0.1) is 13.4 Å². The summed E-state index contributed by atoms with van der Waals surface area (Å²) in [7, 11) is 3.01. The van der Waals surface area contributed by atoms with Gasteiger partial charge in [-0.05, 0) is 37.8 Å². The van der Waals surface area contributed by atoms with Gasteiger partial charge in [-0.2, -0.15) is 0 Å². The van der Waals surface area contributed by atoms with Gasteiger partial charge in [0.25, 0.3) is 0 Å². The summed E-state index contributed by atoms with van der Waals surface area (Å²) in [5, 5.41) is 10.9. The maximum Gasteiger partial charge on any atom is 0.328 e. The zero-order valence-corrected chi connectivity index (χ0v) is 29.0. The summed E-state index contributed by atoms with van der Waals surface area (Å²) >= 11 is 0. The number of rotatable bonds is 14. The van der Waals surface area contributed by atoms with Crippen LogP contribution in [0, 0.1) is 0 Å². The molecule has 4 N–H and O–H groups in total. The predicted octanol–water partition coefficient (Wildman–Crippen LogP) is 1.11. The molecule has 0 saturated carbocycles. The number of methoxy groups -OCH3 is 1. The first-order valence-corrected chi connectivity index (χ1v) is 16.4. The molecule has 4 atom stereocenters. The zero-order chi connectivity index (χ0) is 36.4. The van der Waals surface area contributed by atoms with Crippen LogP contribution in [-0.4, -0.2) is 87.3 Å². The van der Waals surface area contributed by atoms with Crippen molar-refractivity contribution in [2.75, 3.05) is 13.7 Å². The molecular formula is C36H45N7O7. The number of hydrogen-bond donors (Lipinski definition) is 4. The molecule has 0 spiro atoms. The van der Waals surface area contributed by atoms with Gasteiger partial charge in [0.1, 0.15) is 29.7 Å². The molecule has 1 fully saturated rings. The van der Waals surface area contributed by atoms with Crippen LogP contribution in [0.3, 0.4) is 0 Å². The Morgan fingerprint density at radius 2 is 1.58 bits per heavy atom. The normalized spacial score (nSPS) is 16.0. The Balaban J connectivity index is 1.48. The number of amides is 5. The molecule has 5 amide bonds. The van der Waals surface area contributed by atoms with Crippen LogP contribution >= 0.6 is 0 Å². The van der Waals surface area contributed by atoms with E-state index >= 15 is 0 Å². The fourth-order valence-electron chi connectivity index (χ4n) is 5.88. The first kappa shape index (κ1) is 37.3. The number of imidazole rings is 1. The van der Waals surface area contributed by atoms with E-state index in [1.807, 2.05) is 30.3 Å². The van der Waals surface area contributed by atoms with E-state index in [1.54, 1.807) is 54.5 Å². The van der Waals surface area contributed by atoms with E-state index in [0.717, 1.165) is 11.3 Å². The van der Waals surface area contributed by atoms with Crippen molar-refractivity contribution < 1.29 is 33.5 Å². The second kappa shape index (κ2) is 16.7. The number of esters is 1. The highest BCUT2D eigenvalue weighted by Crippen LogP contribution is 2.22. The highest BCUT2D eigenvalue weighted by molar-refractivity contribution is 5.98. The number of aryl methyl sites for hydroxylation is 1. The fraction of sp³-hybridized carbons (Fsp3) is 0.417. The average Bonchev–Trinajstić information content (AvgIpc) is 3.75. The van der Waals surface area contributed by atoms with E-state index in [1.165, 1.54) is 32.8 Å². The molecule has 4 rings (SSSR count). The lowest BCUT2D eigenvalue weighted by Crippen LogP contribution is -2.61. The minimum Gasteiger partial charge on any atom is -0.467 e. The van der Waals surface area contributed by atoms with Crippen LogP contribution in [0.5, 0.6) is 0 Å². The summed E-state index contributed by atoms with van der Waals surface area (Å²) in [6.07, 6.45) is 4.46. The molecule has 1 saturated heterocycles. The third-order valence-corrected chi connectivity index (χ3v) is 8.60. The largest absolute Gasteiger partial charge is 0.467 e. The van der Waals surface area contributed by atoms with Gasteiger partial charge >= 0.3 is 5.97 Å². The van der Waals surface area contributed by atoms with Crippen LogP contribution in [0.2, 0.25) is 0 Å². The Kier molecular flexibility index (Phi) is 12.5. The second-order valence-corrected chi connectivity index (χ2v) is 12.8. The molecule has 3 aromatic rings. The van der Waals surface area contributed by atoms with Gasteiger partial charge in [-0.15, -0.1) is 0 Å². The number of nitrogens with one attached hydrogen (secondary N) is 4. The van der Waals surface area contributed by atoms with Gasteiger partial charge in [0, 0.05) is 45.2 Å². The van der Waals surface area contributed by atoms with E-state index in [0.29, 0.717) is 24.9 Å². The van der Waals surface area contributed by atoms with Crippen LogP contribution < -0.4 is 21.3 Å². The highest BCUT2D eigenvalue weighted by Gasteiger charge is 2.41. The summed E-state index contributed by atoms with van der Waals surface area (Å²) in [5.41, 5.74) is 0.449. The van der Waals surface area contributed by atoms with Crippen LogP contribution in [0.1, 0.15) is 56.5 Å². The number of ether oxygens (including phenoxy) is 1. The zero-order valence-electron chi connectivity index (χ0n) is 29.0. The molecule has 0 bridgehead atoms. The van der Waals surface area contributed by atoms with Gasteiger partial charge in [-0.25, -0.2) is 9.78 Å². The van der Waals surface area contributed by atoms with Crippen LogP contribution in [0.15, 0.2) is 73.2 Å². The Morgan fingerprint density at radius 1 is 0.920 bits per heavy atom. The number of nitrogens with zero attached hydrogens (tertiary/aromatic N) is 3. The maximum absolute atomic E-state index is 13.8. The van der Waals surface area contributed by atoms with Gasteiger partial charge < -0.3 is 35.5 Å². The third kappa shape index (κ3) is 9.55. The summed E-state index contributed by atoms with van der Waals surface area (Å²) in [6.45, 7) is 4.61. The van der Waals surface area contributed by atoms with E-state index in [-0.39, 0.29) is 12.8 Å². The minimum absolute atomic E-state index is 0.164. The molecule has 1 aliphatic heterocycles. The molecule has 266 valence electrons. The molecule has 0 radical (unpaired) electrons. The minimum atomic E-state index is -1.53. The van der Waals surface area contributed by atoms with Crippen molar-refractivity contribution in [3.8, 4) is 0 Å². The topological polar surface area (TPSA) is 181 Å². The number of hydrogen-bond acceptors (Lipinski definition) is 8. The predicted molar refractivity (Wildman–Crippen MR) is 183 cm³/mol. The summed E-state index contributed by atoms with van der Waals surface area (Å²) in [6, 6.07) is 13.6. The van der Waals surface area contributed by atoms with Crippen molar-refractivity contribution in [1.82, 2.24) is 35.7 Å². The van der Waals surface area contributed by atoms with Gasteiger partial charge in [0.15, 0.2) is 0 Å². The third-order valence-electron chi connectivity index (χ3n) is 8.60. The maximum atomic E-state index is 13.8. The molecule has 2 heterocycles. The Labute approximate surface area is 291 Å². The molecule has 1 aliphatic rings. The highest BCUT2D eigenvalue weighted by atomic mass is 16.5. The first-order valence-electron chi connectivity index (χ1n) is 16.4. The molecule has 0 unspecified atom stereocenters. The molecule has 0 aliphatic carbocycles. The van der Waals surface area contributed by atoms with Crippen molar-refractivity contribution >= 4 is 35.5 Å². The smallest absolute Gasteiger partial charge is 0.328 e. The lowest BCUT2D eigenvalue weighted by Gasteiger charge is -2.32. The van der Waals surface area contributed by atoms with E-state index in [2.05, 4.69) is 26.3 Å². The Morgan fingerprint density at radius 3 is 2.18 bits per heavy atom. The summed E-state index contributed by atoms with van der Waals surface area (Å²) in [5.74, 6) is -3.33. The fourth-order valence-corrected chi connectivity index (χ4v) is 5.88. The quantitative estimate of drug-likeness (QED) is 0.182. The van der Waals surface area contributed by atoms with Crippen molar-refractivity contribution in [3.63, 3.8) is 0 Å². The number of aromatic nitrogens is 2. The summed E-state index contributed by atoms with van der Waals surface area (Å²) < 4.78 is 6.70. The number of likely N-dealkylation sites (tertiary alicyclic amines) is 1.